The van der Waals surface area contributed by atoms with Crippen LogP contribution in [0.3, 0.4) is 0 Å². The molecular weight excluding hydrogens is 228 g/mol. The fraction of sp³-hybridized carbons (Fsp3) is 0.273. The topological polar surface area (TPSA) is 53.4 Å². The second-order valence-electron chi connectivity index (χ2n) is 3.52. The average molecular weight is 241 g/mol. The van der Waals surface area contributed by atoms with E-state index in [0.717, 1.165) is 0 Å². The number of carboxylic acid groups (broad SMARTS) is 1. The molecule has 5 heteroatoms. The van der Waals surface area contributed by atoms with Crippen LogP contribution < -0.4 is 4.90 Å². The number of nitrogens with zero attached hydrogens (tertiary/aromatic N) is 2. The van der Waals surface area contributed by atoms with Crippen molar-refractivity contribution in [3.05, 3.63) is 35.6 Å². The molecule has 1 rings (SSSR count). The average Bonchev–Trinajstić information content (AvgIpc) is 2.20. The Morgan fingerprint density at radius 3 is 2.69 bits per heavy atom. The summed E-state index contributed by atoms with van der Waals surface area (Å²) < 4.78 is 0. The monoisotopic (exact) mass is 240 g/mol. The number of hydrogen-bond acceptors (Lipinski definition) is 3. The van der Waals surface area contributed by atoms with Crippen molar-refractivity contribution in [1.29, 1.82) is 0 Å². The maximum Gasteiger partial charge on any atom is 0.337 e. The van der Waals surface area contributed by atoms with Gasteiger partial charge in [-0.25, -0.2) is 9.78 Å². The van der Waals surface area contributed by atoms with Crippen molar-refractivity contribution >= 4 is 23.4 Å². The first-order valence-electron chi connectivity index (χ1n) is 4.77. The first-order chi connectivity index (χ1) is 7.47. The lowest BCUT2D eigenvalue weighted by Crippen LogP contribution is -2.25. The van der Waals surface area contributed by atoms with Crippen LogP contribution in [0.1, 0.15) is 24.2 Å². The molecule has 4 nitrogen and oxygen atoms in total. The summed E-state index contributed by atoms with van der Waals surface area (Å²) in [5.74, 6) is -0.535. The molecule has 0 bridgehead atoms. The summed E-state index contributed by atoms with van der Waals surface area (Å²) in [5, 5.41) is 9.07. The van der Waals surface area contributed by atoms with E-state index in [1.54, 1.807) is 11.1 Å². The Morgan fingerprint density at radius 2 is 2.31 bits per heavy atom. The highest BCUT2D eigenvalue weighted by atomic mass is 35.5. The number of anilines is 1. The summed E-state index contributed by atoms with van der Waals surface area (Å²) in [5.41, 5.74) is 0.0709. The van der Waals surface area contributed by atoms with Gasteiger partial charge in [-0.1, -0.05) is 18.2 Å². The van der Waals surface area contributed by atoms with Crippen molar-refractivity contribution < 1.29 is 9.90 Å². The Morgan fingerprint density at radius 1 is 1.69 bits per heavy atom. The largest absolute Gasteiger partial charge is 0.478 e. The van der Waals surface area contributed by atoms with Crippen LogP contribution >= 0.6 is 11.6 Å². The lowest BCUT2D eigenvalue weighted by atomic mass is 10.2. The van der Waals surface area contributed by atoms with E-state index in [1.165, 1.54) is 12.3 Å². The van der Waals surface area contributed by atoms with Crippen molar-refractivity contribution in [3.63, 3.8) is 0 Å². The van der Waals surface area contributed by atoms with E-state index in [-0.39, 0.29) is 11.6 Å². The molecule has 1 heterocycles. The SMILES string of the molecule is C=CN(c1ncc(C(=O)O)cc1Cl)C(C)C. The Bertz CT molecular complexity index is 418. The number of carbonyl (C=O) groups is 1. The zero-order valence-corrected chi connectivity index (χ0v) is 9.90. The molecule has 0 aliphatic rings. The molecule has 1 aromatic heterocycles. The van der Waals surface area contributed by atoms with Crippen molar-refractivity contribution in [1.82, 2.24) is 4.98 Å². The lowest BCUT2D eigenvalue weighted by Gasteiger charge is -2.24. The molecule has 0 saturated carbocycles. The molecular formula is C11H13ClN2O2. The molecule has 0 unspecified atom stereocenters. The number of halogens is 1. The second kappa shape index (κ2) is 4.99. The summed E-state index contributed by atoms with van der Waals surface area (Å²) in [6, 6.07) is 1.53. The third kappa shape index (κ3) is 2.52. The van der Waals surface area contributed by atoms with Gasteiger partial charge in [0.2, 0.25) is 0 Å². The molecule has 0 fully saturated rings. The normalized spacial score (nSPS) is 10.2. The van der Waals surface area contributed by atoms with E-state index < -0.39 is 5.97 Å². The van der Waals surface area contributed by atoms with Gasteiger partial charge in [-0.2, -0.15) is 0 Å². The quantitative estimate of drug-likeness (QED) is 0.879. The van der Waals surface area contributed by atoms with Gasteiger partial charge in [0.25, 0.3) is 0 Å². The molecule has 16 heavy (non-hydrogen) atoms. The number of aromatic nitrogens is 1. The molecule has 0 radical (unpaired) electrons. The standard InChI is InChI=1S/C11H13ClN2O2/c1-4-14(7(2)3)10-9(12)5-8(6-13-10)11(15)16/h4-7H,1H2,2-3H3,(H,15,16). The third-order valence-corrected chi connectivity index (χ3v) is 2.34. The molecule has 0 atom stereocenters. The van der Waals surface area contributed by atoms with Gasteiger partial charge >= 0.3 is 5.97 Å². The van der Waals surface area contributed by atoms with Crippen LogP contribution in [-0.2, 0) is 0 Å². The zero-order valence-electron chi connectivity index (χ0n) is 9.14. The minimum atomic E-state index is -1.05. The highest BCUT2D eigenvalue weighted by Crippen LogP contribution is 2.25. The predicted molar refractivity (Wildman–Crippen MR) is 64.0 cm³/mol. The Balaban J connectivity index is 3.16. The van der Waals surface area contributed by atoms with Gasteiger partial charge in [0.05, 0.1) is 10.6 Å². The van der Waals surface area contributed by atoms with Crippen LogP contribution in [0.25, 0.3) is 0 Å². The molecule has 0 amide bonds. The number of rotatable bonds is 4. The molecule has 86 valence electrons. The predicted octanol–water partition coefficient (Wildman–Crippen LogP) is 2.79. The highest BCUT2D eigenvalue weighted by molar-refractivity contribution is 6.33. The van der Waals surface area contributed by atoms with Crippen LogP contribution in [-0.4, -0.2) is 22.1 Å². The third-order valence-electron chi connectivity index (χ3n) is 2.07. The van der Waals surface area contributed by atoms with Gasteiger partial charge < -0.3 is 10.0 Å². The van der Waals surface area contributed by atoms with E-state index in [0.29, 0.717) is 10.8 Å². The Labute approximate surface area is 99.2 Å². The van der Waals surface area contributed by atoms with E-state index in [4.69, 9.17) is 16.7 Å². The Hall–Kier alpha value is -1.55. The first kappa shape index (κ1) is 12.5. The van der Waals surface area contributed by atoms with Gasteiger partial charge in [-0.15, -0.1) is 0 Å². The second-order valence-corrected chi connectivity index (χ2v) is 3.93. The van der Waals surface area contributed by atoms with Gasteiger partial charge in [-0.3, -0.25) is 0 Å². The highest BCUT2D eigenvalue weighted by Gasteiger charge is 2.14. The molecule has 0 saturated heterocycles. The van der Waals surface area contributed by atoms with Crippen molar-refractivity contribution in [2.75, 3.05) is 4.90 Å². The fourth-order valence-corrected chi connectivity index (χ4v) is 1.54. The fourth-order valence-electron chi connectivity index (χ4n) is 1.28. The number of aromatic carboxylic acids is 1. The van der Waals surface area contributed by atoms with Gasteiger partial charge in [0.1, 0.15) is 0 Å². The molecule has 0 aromatic carbocycles. The summed E-state index contributed by atoms with van der Waals surface area (Å²) in [7, 11) is 0. The zero-order chi connectivity index (χ0) is 12.3. The maximum atomic E-state index is 10.7. The van der Waals surface area contributed by atoms with Crippen molar-refractivity contribution in [3.8, 4) is 0 Å². The van der Waals surface area contributed by atoms with E-state index in [2.05, 4.69) is 11.6 Å². The molecule has 0 aliphatic heterocycles. The number of hydrogen-bond donors (Lipinski definition) is 1. The molecule has 1 aromatic rings. The molecule has 0 spiro atoms. The van der Waals surface area contributed by atoms with E-state index in [9.17, 15) is 4.79 Å². The first-order valence-corrected chi connectivity index (χ1v) is 5.15. The Kier molecular flexibility index (Phi) is 3.90. The minimum Gasteiger partial charge on any atom is -0.478 e. The van der Waals surface area contributed by atoms with Crippen LogP contribution in [0.4, 0.5) is 5.82 Å². The molecule has 1 N–H and O–H groups in total. The summed E-state index contributed by atoms with van der Waals surface area (Å²) in [6.45, 7) is 7.59. The number of carboxylic acids is 1. The summed E-state index contributed by atoms with van der Waals surface area (Å²) in [6.07, 6.45) is 2.89. The van der Waals surface area contributed by atoms with Crippen molar-refractivity contribution in [2.24, 2.45) is 0 Å². The smallest absolute Gasteiger partial charge is 0.337 e. The molecule has 0 aliphatic carbocycles. The maximum absolute atomic E-state index is 10.7. The van der Waals surface area contributed by atoms with Crippen molar-refractivity contribution in [2.45, 2.75) is 19.9 Å². The van der Waals surface area contributed by atoms with E-state index >= 15 is 0 Å². The van der Waals surface area contributed by atoms with Gasteiger partial charge in [0.15, 0.2) is 5.82 Å². The summed E-state index contributed by atoms with van der Waals surface area (Å²) in [4.78, 5) is 16.5. The summed E-state index contributed by atoms with van der Waals surface area (Å²) >= 11 is 5.98. The number of pyridine rings is 1. The van der Waals surface area contributed by atoms with Crippen LogP contribution in [0.5, 0.6) is 0 Å². The van der Waals surface area contributed by atoms with Gasteiger partial charge in [0, 0.05) is 12.2 Å². The van der Waals surface area contributed by atoms with Gasteiger partial charge in [-0.05, 0) is 26.1 Å². The van der Waals surface area contributed by atoms with Crippen LogP contribution in [0.2, 0.25) is 5.02 Å². The van der Waals surface area contributed by atoms with E-state index in [1.807, 2.05) is 13.8 Å². The lowest BCUT2D eigenvalue weighted by molar-refractivity contribution is 0.0696. The van der Waals surface area contributed by atoms with Crippen LogP contribution in [0.15, 0.2) is 25.0 Å². The van der Waals surface area contributed by atoms with Crippen LogP contribution in [0, 0.1) is 0 Å². The minimum absolute atomic E-state index is 0.0709.